The molecule has 3 N–H and O–H groups in total. The van der Waals surface area contributed by atoms with Crippen LogP contribution in [0.15, 0.2) is 60.8 Å². The Balaban J connectivity index is 4.10. The van der Waals surface area contributed by atoms with Crippen LogP contribution in [-0.2, 0) is 27.9 Å². The van der Waals surface area contributed by atoms with Gasteiger partial charge in [0.1, 0.15) is 12.2 Å². The number of aliphatic hydroxyl groups excluding tert-OH is 2. The van der Waals surface area contributed by atoms with Crippen LogP contribution in [0.3, 0.4) is 0 Å². The van der Waals surface area contributed by atoms with E-state index >= 15 is 0 Å². The molecule has 0 aliphatic heterocycles. The highest BCUT2D eigenvalue weighted by Gasteiger charge is 2.26. The van der Waals surface area contributed by atoms with Gasteiger partial charge in [0.25, 0.3) is 0 Å². The van der Waals surface area contributed by atoms with Crippen molar-refractivity contribution in [3.05, 3.63) is 60.8 Å². The molecule has 64 heavy (non-hydrogen) atoms. The van der Waals surface area contributed by atoms with Gasteiger partial charge in [-0.15, -0.1) is 0 Å². The van der Waals surface area contributed by atoms with Gasteiger partial charge in [0.15, 0.2) is 0 Å². The fraction of sp³-hybridized carbons (Fsp3) is 0.796. The third-order valence-corrected chi connectivity index (χ3v) is 12.1. The SMILES string of the molecule is CCCCC/C=C\C/C=C\CCCCCCCCCCCCOCC(COP(=O)(O)OCC(O)CO)OC(=O)CCCCCCCCCC/C=C\C/C=C\C/C=C\CCCCCCC. The first-order valence-corrected chi connectivity index (χ1v) is 27.8. The van der Waals surface area contributed by atoms with Crippen molar-refractivity contribution in [3.8, 4) is 0 Å². The third kappa shape index (κ3) is 49.6. The zero-order valence-electron chi connectivity index (χ0n) is 41.2. The molecular weight excluding hydrogens is 824 g/mol. The summed E-state index contributed by atoms with van der Waals surface area (Å²) in [5.41, 5.74) is 0. The van der Waals surface area contributed by atoms with Crippen molar-refractivity contribution in [2.45, 2.75) is 244 Å². The van der Waals surface area contributed by atoms with E-state index in [1.165, 1.54) is 141 Å². The largest absolute Gasteiger partial charge is 0.472 e. The van der Waals surface area contributed by atoms with Crippen LogP contribution in [0, 0.1) is 0 Å². The van der Waals surface area contributed by atoms with Crippen molar-refractivity contribution in [1.29, 1.82) is 0 Å². The van der Waals surface area contributed by atoms with Gasteiger partial charge < -0.3 is 24.6 Å². The van der Waals surface area contributed by atoms with Crippen LogP contribution in [0.1, 0.15) is 232 Å². The molecule has 3 unspecified atom stereocenters. The predicted molar refractivity (Wildman–Crippen MR) is 270 cm³/mol. The quantitative estimate of drug-likeness (QED) is 0.0236. The van der Waals surface area contributed by atoms with Crippen molar-refractivity contribution >= 4 is 13.8 Å². The molecule has 0 aliphatic rings. The second-order valence-corrected chi connectivity index (χ2v) is 19.0. The van der Waals surface area contributed by atoms with Crippen molar-refractivity contribution in [2.75, 3.05) is 33.0 Å². The molecule has 0 saturated heterocycles. The van der Waals surface area contributed by atoms with E-state index in [0.29, 0.717) is 6.61 Å². The van der Waals surface area contributed by atoms with Gasteiger partial charge in [-0.3, -0.25) is 13.8 Å². The Bertz CT molecular complexity index is 1180. The van der Waals surface area contributed by atoms with E-state index in [-0.39, 0.29) is 19.6 Å². The van der Waals surface area contributed by atoms with Crippen LogP contribution in [0.5, 0.6) is 0 Å². The number of rotatable bonds is 50. The highest BCUT2D eigenvalue weighted by Crippen LogP contribution is 2.43. The van der Waals surface area contributed by atoms with Gasteiger partial charge in [-0.2, -0.15) is 0 Å². The lowest BCUT2D eigenvalue weighted by atomic mass is 10.1. The molecule has 10 heteroatoms. The number of ether oxygens (including phenoxy) is 2. The number of carbonyl (C=O) groups excluding carboxylic acids is 1. The number of phosphoric acid groups is 1. The van der Waals surface area contributed by atoms with Crippen LogP contribution in [-0.4, -0.2) is 66.3 Å². The van der Waals surface area contributed by atoms with E-state index < -0.39 is 39.2 Å². The van der Waals surface area contributed by atoms with E-state index in [4.69, 9.17) is 23.6 Å². The van der Waals surface area contributed by atoms with Crippen molar-refractivity contribution in [3.63, 3.8) is 0 Å². The Morgan fingerprint density at radius 3 is 1.30 bits per heavy atom. The maximum Gasteiger partial charge on any atom is 0.472 e. The van der Waals surface area contributed by atoms with Crippen molar-refractivity contribution in [2.24, 2.45) is 0 Å². The zero-order chi connectivity index (χ0) is 46.7. The average Bonchev–Trinajstić information content (AvgIpc) is 3.29. The molecule has 3 atom stereocenters. The Labute approximate surface area is 393 Å². The molecule has 0 aromatic carbocycles. The molecule has 374 valence electrons. The standard InChI is InChI=1S/C54H99O9P/c1-3-5-7-9-11-13-15-17-19-21-23-25-26-27-28-30-32-34-36-38-40-42-44-46-54(57)63-53(51-62-64(58,59)61-49-52(56)48-55)50-60-47-45-43-41-39-37-35-33-31-29-24-22-20-18-16-14-12-10-8-6-4-2/h12,14-15,17-18,20-21,23,26-27,52-53,55-56H,3-11,13,16,19,22,24-25,28-51H2,1-2H3,(H,58,59)/b14-12-,17-15-,20-18-,23-21-,27-26-. The van der Waals surface area contributed by atoms with Crippen LogP contribution in [0.4, 0.5) is 0 Å². The molecule has 0 rings (SSSR count). The number of hydrogen-bond acceptors (Lipinski definition) is 8. The maximum atomic E-state index is 12.7. The fourth-order valence-electron chi connectivity index (χ4n) is 7.16. The minimum absolute atomic E-state index is 0.0427. The molecule has 0 bridgehead atoms. The Hall–Kier alpha value is -1.84. The maximum absolute atomic E-state index is 12.7. The van der Waals surface area contributed by atoms with Crippen LogP contribution < -0.4 is 0 Å². The Kier molecular flexibility index (Phi) is 49.1. The fourth-order valence-corrected chi connectivity index (χ4v) is 7.95. The highest BCUT2D eigenvalue weighted by molar-refractivity contribution is 7.47. The molecule has 0 radical (unpaired) electrons. The molecule has 0 fully saturated rings. The first-order valence-electron chi connectivity index (χ1n) is 26.3. The second-order valence-electron chi connectivity index (χ2n) is 17.5. The molecule has 0 heterocycles. The summed E-state index contributed by atoms with van der Waals surface area (Å²) >= 11 is 0. The summed E-state index contributed by atoms with van der Waals surface area (Å²) in [6, 6.07) is 0. The van der Waals surface area contributed by atoms with Gasteiger partial charge in [0.05, 0.1) is 26.4 Å². The molecule has 0 aromatic heterocycles. The number of unbranched alkanes of at least 4 members (excludes halogenated alkanes) is 26. The Morgan fingerprint density at radius 2 is 0.844 bits per heavy atom. The summed E-state index contributed by atoms with van der Waals surface area (Å²) in [4.78, 5) is 22.7. The van der Waals surface area contributed by atoms with E-state index in [2.05, 4.69) is 74.6 Å². The number of esters is 1. The Morgan fingerprint density at radius 1 is 0.484 bits per heavy atom. The second kappa shape index (κ2) is 50.6. The number of hydrogen-bond donors (Lipinski definition) is 3. The van der Waals surface area contributed by atoms with Gasteiger partial charge >= 0.3 is 13.8 Å². The number of phosphoric ester groups is 1. The average molecular weight is 923 g/mol. The lowest BCUT2D eigenvalue weighted by molar-refractivity contribution is -0.154. The molecule has 9 nitrogen and oxygen atoms in total. The number of aliphatic hydroxyl groups is 2. The first kappa shape index (κ1) is 62.2. The zero-order valence-corrected chi connectivity index (χ0v) is 42.1. The monoisotopic (exact) mass is 923 g/mol. The van der Waals surface area contributed by atoms with Crippen molar-refractivity contribution < 1.29 is 43.0 Å². The molecular formula is C54H99O9P. The predicted octanol–water partition coefficient (Wildman–Crippen LogP) is 15.5. The first-order chi connectivity index (χ1) is 31.3. The van der Waals surface area contributed by atoms with Crippen LogP contribution in [0.2, 0.25) is 0 Å². The summed E-state index contributed by atoms with van der Waals surface area (Å²) in [5, 5.41) is 18.4. The molecule has 0 aliphatic carbocycles. The summed E-state index contributed by atoms with van der Waals surface area (Å²) in [7, 11) is -4.53. The lowest BCUT2D eigenvalue weighted by Gasteiger charge is -2.20. The van der Waals surface area contributed by atoms with Gasteiger partial charge in [0, 0.05) is 13.0 Å². The minimum Gasteiger partial charge on any atom is -0.457 e. The normalized spacial score (nSPS) is 14.3. The van der Waals surface area contributed by atoms with E-state index in [1.54, 1.807) is 0 Å². The number of allylic oxidation sites excluding steroid dienone is 10. The summed E-state index contributed by atoms with van der Waals surface area (Å²) < 4.78 is 33.5. The molecule has 0 spiro atoms. The highest BCUT2D eigenvalue weighted by atomic mass is 31.2. The van der Waals surface area contributed by atoms with E-state index in [9.17, 15) is 19.4 Å². The number of carbonyl (C=O) groups is 1. The molecule has 0 saturated carbocycles. The molecule has 0 aromatic rings. The molecule has 0 amide bonds. The summed E-state index contributed by atoms with van der Waals surface area (Å²) in [6.45, 7) is 3.49. The topological polar surface area (TPSA) is 132 Å². The van der Waals surface area contributed by atoms with Crippen LogP contribution >= 0.6 is 7.82 Å². The van der Waals surface area contributed by atoms with Crippen LogP contribution in [0.25, 0.3) is 0 Å². The lowest BCUT2D eigenvalue weighted by Crippen LogP contribution is -2.29. The van der Waals surface area contributed by atoms with Gasteiger partial charge in [-0.05, 0) is 83.5 Å². The third-order valence-electron chi connectivity index (χ3n) is 11.2. The van der Waals surface area contributed by atoms with Gasteiger partial charge in [-0.1, -0.05) is 203 Å². The van der Waals surface area contributed by atoms with E-state index in [0.717, 1.165) is 70.6 Å². The van der Waals surface area contributed by atoms with Gasteiger partial charge in [0.2, 0.25) is 0 Å². The minimum atomic E-state index is -4.53. The smallest absolute Gasteiger partial charge is 0.457 e. The summed E-state index contributed by atoms with van der Waals surface area (Å²) in [6.07, 6.45) is 60.4. The van der Waals surface area contributed by atoms with E-state index in [1.807, 2.05) is 0 Å². The van der Waals surface area contributed by atoms with Crippen molar-refractivity contribution in [1.82, 2.24) is 0 Å². The van der Waals surface area contributed by atoms with Gasteiger partial charge in [-0.25, -0.2) is 4.57 Å². The summed E-state index contributed by atoms with van der Waals surface area (Å²) in [5.74, 6) is -0.390.